The fourth-order valence-electron chi connectivity index (χ4n) is 3.51. The van der Waals surface area contributed by atoms with Crippen LogP contribution in [0, 0.1) is 0 Å². The van der Waals surface area contributed by atoms with Crippen molar-refractivity contribution in [2.45, 2.75) is 26.2 Å². The van der Waals surface area contributed by atoms with Crippen molar-refractivity contribution in [1.82, 2.24) is 4.40 Å². The summed E-state index contributed by atoms with van der Waals surface area (Å²) in [6, 6.07) is 13.6. The Hall–Kier alpha value is -3.58. The number of nitrogens with two attached hydrogens (primary N) is 1. The molecular weight excluding hydrogens is 384 g/mol. The number of carbonyl (C=O) groups excluding carboxylic acids is 2. The summed E-state index contributed by atoms with van der Waals surface area (Å²) in [7, 11) is 0. The fraction of sp³-hybridized carbons (Fsp3) is 0.217. The monoisotopic (exact) mass is 408 g/mol. The highest BCUT2D eigenvalue weighted by atomic mass is 17.1. The second kappa shape index (κ2) is 9.28. The normalized spacial score (nSPS) is 10.7. The molecule has 7 nitrogen and oxygen atoms in total. The quantitative estimate of drug-likeness (QED) is 0.176. The van der Waals surface area contributed by atoms with Gasteiger partial charge in [-0.15, -0.1) is 0 Å². The Balaban J connectivity index is 2.08. The molecule has 0 saturated carbocycles. The molecule has 30 heavy (non-hydrogen) atoms. The van der Waals surface area contributed by atoms with Crippen molar-refractivity contribution in [3.8, 4) is 5.75 Å². The van der Waals surface area contributed by atoms with E-state index in [0.717, 1.165) is 22.2 Å². The molecule has 156 valence electrons. The fourth-order valence-corrected chi connectivity index (χ4v) is 3.51. The van der Waals surface area contributed by atoms with Crippen LogP contribution in [0.1, 0.15) is 40.5 Å². The van der Waals surface area contributed by atoms with E-state index in [-0.39, 0.29) is 18.1 Å². The number of hydrogen-bond donors (Lipinski definition) is 2. The zero-order valence-electron chi connectivity index (χ0n) is 16.8. The average molecular weight is 408 g/mol. The Morgan fingerprint density at radius 1 is 1.13 bits per heavy atom. The minimum Gasteiger partial charge on any atom is -0.492 e. The van der Waals surface area contributed by atoms with Gasteiger partial charge in [-0.25, -0.2) is 5.26 Å². The first-order valence-corrected chi connectivity index (χ1v) is 9.62. The minimum atomic E-state index is -1.00. The Morgan fingerprint density at radius 3 is 2.50 bits per heavy atom. The van der Waals surface area contributed by atoms with Crippen LogP contribution in [0.5, 0.6) is 5.75 Å². The third-order valence-electron chi connectivity index (χ3n) is 4.92. The number of pyridine rings is 1. The van der Waals surface area contributed by atoms with Crippen LogP contribution in [0.15, 0.2) is 61.0 Å². The van der Waals surface area contributed by atoms with Crippen LogP contribution in [0.2, 0.25) is 0 Å². The zero-order valence-corrected chi connectivity index (χ0v) is 16.8. The minimum absolute atomic E-state index is 0.181. The molecule has 3 N–H and O–H groups in total. The van der Waals surface area contributed by atoms with Gasteiger partial charge in [-0.2, -0.15) is 0 Å². The van der Waals surface area contributed by atoms with Crippen LogP contribution in [-0.2, 0) is 22.5 Å². The van der Waals surface area contributed by atoms with Gasteiger partial charge in [0.2, 0.25) is 0 Å². The molecule has 1 aromatic carbocycles. The number of amides is 1. The number of nitrogens with zero attached hydrogens (tertiary/aromatic N) is 1. The lowest BCUT2D eigenvalue weighted by atomic mass is 9.98. The molecule has 2 heterocycles. The predicted octanol–water partition coefficient (Wildman–Crippen LogP) is 3.53. The summed E-state index contributed by atoms with van der Waals surface area (Å²) in [5, 5.41) is 8.56. The average Bonchev–Trinajstić information content (AvgIpc) is 3.06. The molecule has 0 saturated heterocycles. The van der Waals surface area contributed by atoms with E-state index >= 15 is 0 Å². The number of hydrogen-bond acceptors (Lipinski definition) is 5. The molecule has 3 rings (SSSR count). The van der Waals surface area contributed by atoms with Crippen molar-refractivity contribution < 1.29 is 24.5 Å². The molecule has 0 aliphatic heterocycles. The van der Waals surface area contributed by atoms with Gasteiger partial charge in [0, 0.05) is 11.9 Å². The van der Waals surface area contributed by atoms with Gasteiger partial charge in [0.25, 0.3) is 11.7 Å². The third kappa shape index (κ3) is 4.36. The molecule has 0 fully saturated rings. The second-order valence-electron chi connectivity index (χ2n) is 6.86. The Bertz CT molecular complexity index is 1090. The number of primary amides is 1. The number of benzene rings is 1. The summed E-state index contributed by atoms with van der Waals surface area (Å²) >= 11 is 0. The van der Waals surface area contributed by atoms with Crippen LogP contribution >= 0.6 is 0 Å². The number of aromatic nitrogens is 1. The maximum atomic E-state index is 12.7. The summed E-state index contributed by atoms with van der Waals surface area (Å²) in [6.07, 6.45) is 3.16. The molecule has 0 radical (unpaired) electrons. The first-order chi connectivity index (χ1) is 14.5. The molecule has 3 aromatic rings. The number of ether oxygens (including phenoxy) is 1. The summed E-state index contributed by atoms with van der Waals surface area (Å²) < 4.78 is 7.36. The molecule has 0 atom stereocenters. The van der Waals surface area contributed by atoms with Crippen molar-refractivity contribution in [2.75, 3.05) is 6.61 Å². The summed E-state index contributed by atoms with van der Waals surface area (Å²) in [6.45, 7) is 5.69. The summed E-state index contributed by atoms with van der Waals surface area (Å²) in [4.78, 5) is 28.4. The molecule has 0 spiro atoms. The number of rotatable bonds is 10. The van der Waals surface area contributed by atoms with E-state index in [0.29, 0.717) is 25.0 Å². The van der Waals surface area contributed by atoms with Crippen molar-refractivity contribution in [3.05, 3.63) is 83.4 Å². The van der Waals surface area contributed by atoms with Gasteiger partial charge in [0.05, 0.1) is 12.8 Å². The molecule has 1 amide bonds. The lowest BCUT2D eigenvalue weighted by molar-refractivity contribution is -0.205. The van der Waals surface area contributed by atoms with Crippen LogP contribution in [0.3, 0.4) is 0 Å². The van der Waals surface area contributed by atoms with E-state index in [1.807, 2.05) is 43.3 Å². The maximum absolute atomic E-state index is 12.7. The lowest BCUT2D eigenvalue weighted by Crippen LogP contribution is -2.25. The van der Waals surface area contributed by atoms with E-state index in [2.05, 4.69) is 11.5 Å². The molecule has 0 unspecified atom stereocenters. The summed E-state index contributed by atoms with van der Waals surface area (Å²) in [5.41, 5.74) is 9.28. The van der Waals surface area contributed by atoms with Crippen molar-refractivity contribution in [2.24, 2.45) is 5.73 Å². The largest absolute Gasteiger partial charge is 0.492 e. The van der Waals surface area contributed by atoms with E-state index in [1.165, 1.54) is 0 Å². The van der Waals surface area contributed by atoms with Crippen molar-refractivity contribution in [1.29, 1.82) is 0 Å². The van der Waals surface area contributed by atoms with E-state index in [4.69, 9.17) is 15.7 Å². The highest BCUT2D eigenvalue weighted by Gasteiger charge is 2.25. The first-order valence-electron chi connectivity index (χ1n) is 9.62. The van der Waals surface area contributed by atoms with Gasteiger partial charge in [0.15, 0.2) is 0 Å². The number of ketones is 1. The Labute approximate surface area is 174 Å². The van der Waals surface area contributed by atoms with Crippen molar-refractivity contribution in [3.63, 3.8) is 0 Å². The van der Waals surface area contributed by atoms with Gasteiger partial charge >= 0.3 is 0 Å². The standard InChI is InChI=1S/C23H24N2O5/c1-3-18-19(13-16-7-5-4-6-8-16)20-10-9-17(29-12-11-15(2)30-28)14-25(20)21(18)22(26)23(24)27/h4-10,14,28H,2-3,11-13H2,1H3,(H2,24,27). The molecule has 2 aromatic heterocycles. The van der Waals surface area contributed by atoms with E-state index in [1.54, 1.807) is 16.7 Å². The van der Waals surface area contributed by atoms with Gasteiger partial charge in [-0.3, -0.25) is 9.59 Å². The molecular formula is C23H24N2O5. The Kier molecular flexibility index (Phi) is 6.54. The van der Waals surface area contributed by atoms with Crippen LogP contribution < -0.4 is 10.5 Å². The second-order valence-corrected chi connectivity index (χ2v) is 6.86. The van der Waals surface area contributed by atoms with Crippen LogP contribution in [-0.4, -0.2) is 28.0 Å². The van der Waals surface area contributed by atoms with E-state index in [9.17, 15) is 9.59 Å². The lowest BCUT2D eigenvalue weighted by Gasteiger charge is -2.08. The highest BCUT2D eigenvalue weighted by Crippen LogP contribution is 2.29. The molecule has 0 aliphatic carbocycles. The number of fused-ring (bicyclic) bond motifs is 1. The highest BCUT2D eigenvalue weighted by molar-refractivity contribution is 6.42. The SMILES string of the molecule is C=C(CCOc1ccc2c(Cc3ccccc3)c(CC)c(C(=O)C(N)=O)n2c1)OO. The van der Waals surface area contributed by atoms with Crippen molar-refractivity contribution >= 4 is 17.2 Å². The van der Waals surface area contributed by atoms with Gasteiger partial charge in [-0.05, 0) is 41.7 Å². The molecule has 0 bridgehead atoms. The number of carbonyl (C=O) groups is 2. The van der Waals surface area contributed by atoms with Gasteiger partial charge < -0.3 is 19.8 Å². The van der Waals surface area contributed by atoms with Gasteiger partial charge in [-0.1, -0.05) is 43.8 Å². The zero-order chi connectivity index (χ0) is 21.7. The maximum Gasteiger partial charge on any atom is 0.291 e. The van der Waals surface area contributed by atoms with Crippen LogP contribution in [0.4, 0.5) is 0 Å². The van der Waals surface area contributed by atoms with Crippen LogP contribution in [0.25, 0.3) is 5.52 Å². The van der Waals surface area contributed by atoms with E-state index < -0.39 is 11.7 Å². The first kappa shape index (κ1) is 21.1. The van der Waals surface area contributed by atoms with Gasteiger partial charge in [0.1, 0.15) is 17.2 Å². The Morgan fingerprint density at radius 2 is 1.87 bits per heavy atom. The number of Topliss-reactive ketones (excluding diaryl/α,β-unsaturated/α-hetero) is 1. The molecule has 7 heteroatoms. The molecule has 0 aliphatic rings. The smallest absolute Gasteiger partial charge is 0.291 e. The third-order valence-corrected chi connectivity index (χ3v) is 4.92. The topological polar surface area (TPSA) is 103 Å². The summed E-state index contributed by atoms with van der Waals surface area (Å²) in [5.74, 6) is -1.06. The predicted molar refractivity (Wildman–Crippen MR) is 113 cm³/mol.